The number of para-hydroxylation sites is 1. The Bertz CT molecular complexity index is 1720. The molecule has 0 saturated carbocycles. The van der Waals surface area contributed by atoms with Crippen LogP contribution in [0.15, 0.2) is 82.2 Å². The molecule has 3 aliphatic rings. The zero-order chi connectivity index (χ0) is 32.0. The van der Waals surface area contributed by atoms with Crippen LogP contribution in [0.4, 0.5) is 5.69 Å². The highest BCUT2D eigenvalue weighted by molar-refractivity contribution is 9.10. The molecule has 3 aromatic carbocycles. The van der Waals surface area contributed by atoms with Crippen LogP contribution in [0.3, 0.4) is 0 Å². The molecule has 2 fully saturated rings. The van der Waals surface area contributed by atoms with Gasteiger partial charge in [-0.3, -0.25) is 29.5 Å². The van der Waals surface area contributed by atoms with Crippen LogP contribution in [-0.4, -0.2) is 104 Å². The summed E-state index contributed by atoms with van der Waals surface area (Å²) >= 11 is 3.48. The maximum Gasteiger partial charge on any atom is 0.289 e. The molecule has 2 saturated heterocycles. The summed E-state index contributed by atoms with van der Waals surface area (Å²) in [6, 6.07) is 18.9. The van der Waals surface area contributed by atoms with Crippen molar-refractivity contribution in [3.8, 4) is 0 Å². The van der Waals surface area contributed by atoms with Crippen LogP contribution in [0.2, 0.25) is 0 Å². The van der Waals surface area contributed by atoms with Gasteiger partial charge in [-0.25, -0.2) is 8.42 Å². The minimum atomic E-state index is -4.38. The predicted molar refractivity (Wildman–Crippen MR) is 166 cm³/mol. The van der Waals surface area contributed by atoms with Crippen molar-refractivity contribution >= 4 is 43.5 Å². The van der Waals surface area contributed by atoms with E-state index >= 15 is 0 Å². The number of nitrogens with zero attached hydrogens (tertiary/aromatic N) is 4. The number of nitro benzene ring substituents is 1. The summed E-state index contributed by atoms with van der Waals surface area (Å²) in [5, 5.41) is 11.8. The molecule has 236 valence electrons. The maximum absolute atomic E-state index is 14.2. The highest BCUT2D eigenvalue weighted by Crippen LogP contribution is 2.45. The topological polar surface area (TPSA) is 140 Å². The fourth-order valence-electron chi connectivity index (χ4n) is 6.78. The second kappa shape index (κ2) is 12.3. The van der Waals surface area contributed by atoms with Crippen molar-refractivity contribution in [1.82, 2.24) is 14.1 Å². The van der Waals surface area contributed by atoms with E-state index in [0.717, 1.165) is 10.0 Å². The number of carbonyl (C=O) groups excluding carboxylic acids is 2. The van der Waals surface area contributed by atoms with Crippen LogP contribution in [0.25, 0.3) is 0 Å². The Morgan fingerprint density at radius 2 is 1.44 bits per heavy atom. The van der Waals surface area contributed by atoms with E-state index in [9.17, 15) is 28.1 Å². The van der Waals surface area contributed by atoms with Crippen LogP contribution >= 0.6 is 15.9 Å². The third-order valence-corrected chi connectivity index (χ3v) is 11.5. The highest BCUT2D eigenvalue weighted by Gasteiger charge is 2.55. The normalized spacial score (nSPS) is 25.7. The Morgan fingerprint density at radius 3 is 2.04 bits per heavy atom. The number of halogens is 1. The monoisotopic (exact) mass is 698 g/mol. The lowest BCUT2D eigenvalue weighted by Crippen LogP contribution is -2.72. The number of ether oxygens (including phenoxy) is 2. The quantitative estimate of drug-likeness (QED) is 0.196. The average molecular weight is 700 g/mol. The third kappa shape index (κ3) is 5.49. The SMILES string of the molecule is CO[C@H]1CN2C(CN3C(=O)c4ccccc4C3=O)[C@H](c3ccc(Br)cc3)[C@@H]2CN(S(=O)(=O)c2ccccc2[N+](=O)[O-])C[C@H]1OC. The van der Waals surface area contributed by atoms with Gasteiger partial charge in [0, 0.05) is 68.9 Å². The molecular weight excluding hydrogens is 668 g/mol. The number of nitro groups is 1. The van der Waals surface area contributed by atoms with Gasteiger partial charge in [-0.05, 0) is 35.9 Å². The zero-order valence-electron chi connectivity index (χ0n) is 24.5. The van der Waals surface area contributed by atoms with Gasteiger partial charge in [-0.2, -0.15) is 4.31 Å². The van der Waals surface area contributed by atoms with E-state index in [1.54, 1.807) is 24.3 Å². The zero-order valence-corrected chi connectivity index (χ0v) is 26.9. The van der Waals surface area contributed by atoms with Gasteiger partial charge in [0.25, 0.3) is 17.5 Å². The lowest BCUT2D eigenvalue weighted by atomic mass is 9.73. The molecule has 0 radical (unpaired) electrons. The Kier molecular flexibility index (Phi) is 8.63. The summed E-state index contributed by atoms with van der Waals surface area (Å²) in [5.74, 6) is -1.04. The molecule has 3 aromatic rings. The van der Waals surface area contributed by atoms with Crippen molar-refractivity contribution in [3.63, 3.8) is 0 Å². The van der Waals surface area contributed by atoms with E-state index in [2.05, 4.69) is 20.8 Å². The van der Waals surface area contributed by atoms with Gasteiger partial charge in [0.2, 0.25) is 10.0 Å². The Balaban J connectivity index is 1.41. The molecule has 5 atom stereocenters. The van der Waals surface area contributed by atoms with Crippen LogP contribution in [-0.2, 0) is 19.5 Å². The Morgan fingerprint density at radius 1 is 0.867 bits per heavy atom. The lowest BCUT2D eigenvalue weighted by molar-refractivity contribution is -0.387. The van der Waals surface area contributed by atoms with Gasteiger partial charge in [-0.15, -0.1) is 0 Å². The molecule has 0 bridgehead atoms. The van der Waals surface area contributed by atoms with E-state index < -0.39 is 43.8 Å². The number of amides is 2. The van der Waals surface area contributed by atoms with Gasteiger partial charge in [0.1, 0.15) is 0 Å². The van der Waals surface area contributed by atoms with E-state index in [4.69, 9.17) is 9.47 Å². The summed E-state index contributed by atoms with van der Waals surface area (Å²) in [4.78, 5) is 40.8. The van der Waals surface area contributed by atoms with Crippen LogP contribution in [0, 0.1) is 10.1 Å². The fourth-order valence-corrected chi connectivity index (χ4v) is 8.68. The van der Waals surface area contributed by atoms with Gasteiger partial charge in [-0.1, -0.05) is 52.3 Å². The predicted octanol–water partition coefficient (Wildman–Crippen LogP) is 3.52. The van der Waals surface area contributed by atoms with Crippen molar-refractivity contribution in [2.75, 3.05) is 40.4 Å². The molecule has 0 aliphatic carbocycles. The van der Waals surface area contributed by atoms with Crippen molar-refractivity contribution in [2.24, 2.45) is 0 Å². The maximum atomic E-state index is 14.2. The van der Waals surface area contributed by atoms with E-state index in [0.29, 0.717) is 17.7 Å². The molecule has 6 rings (SSSR count). The van der Waals surface area contributed by atoms with Crippen molar-refractivity contribution in [1.29, 1.82) is 0 Å². The number of rotatable bonds is 8. The fraction of sp³-hybridized carbons (Fsp3) is 0.355. The molecule has 14 heteroatoms. The molecule has 12 nitrogen and oxygen atoms in total. The lowest BCUT2D eigenvalue weighted by Gasteiger charge is -2.59. The Labute approximate surface area is 268 Å². The van der Waals surface area contributed by atoms with Crippen molar-refractivity contribution in [2.45, 2.75) is 35.1 Å². The molecule has 0 spiro atoms. The van der Waals surface area contributed by atoms with Gasteiger partial charge >= 0.3 is 0 Å². The molecule has 0 aromatic heterocycles. The van der Waals surface area contributed by atoms with Gasteiger partial charge < -0.3 is 9.47 Å². The van der Waals surface area contributed by atoms with E-state index in [1.165, 1.54) is 47.7 Å². The summed E-state index contributed by atoms with van der Waals surface area (Å²) in [7, 11) is -1.40. The van der Waals surface area contributed by atoms with Gasteiger partial charge in [0.05, 0.1) is 28.3 Å². The van der Waals surface area contributed by atoms with Crippen molar-refractivity contribution < 1.29 is 32.4 Å². The molecule has 1 unspecified atom stereocenters. The Hall–Kier alpha value is -3.53. The first-order valence-electron chi connectivity index (χ1n) is 14.3. The number of carbonyl (C=O) groups is 2. The molecular formula is C31H31BrN4O8S. The smallest absolute Gasteiger partial charge is 0.289 e. The summed E-state index contributed by atoms with van der Waals surface area (Å²) in [6.45, 7) is 0.322. The first-order chi connectivity index (χ1) is 21.6. The summed E-state index contributed by atoms with van der Waals surface area (Å²) < 4.78 is 42.0. The van der Waals surface area contributed by atoms with Crippen LogP contribution in [0.5, 0.6) is 0 Å². The average Bonchev–Trinajstić information content (AvgIpc) is 3.27. The number of imide groups is 1. The molecule has 45 heavy (non-hydrogen) atoms. The second-order valence-corrected chi connectivity index (χ2v) is 14.1. The standard InChI is InChI=1S/C31H31BrN4O8S/c1-43-26-17-33(45(41,42)28-10-6-5-9-23(28)36(39)40)15-24-29(19-11-13-20(32)14-12-19)25(34(24)18-27(26)44-2)16-35-30(37)21-7-3-4-8-22(21)31(35)38/h3-14,24-27,29H,15-18H2,1-2H3/t24-,25?,26+,27-,29+/m0/s1. The van der Waals surface area contributed by atoms with Crippen molar-refractivity contribution in [3.05, 3.63) is 104 Å². The summed E-state index contributed by atoms with van der Waals surface area (Å²) in [5.41, 5.74) is 1.08. The number of benzene rings is 3. The minimum absolute atomic E-state index is 0.00990. The number of hydrogen-bond donors (Lipinski definition) is 0. The molecule has 0 N–H and O–H groups in total. The third-order valence-electron chi connectivity index (χ3n) is 9.05. The first-order valence-corrected chi connectivity index (χ1v) is 16.6. The molecule has 3 aliphatic heterocycles. The number of sulfonamides is 1. The summed E-state index contributed by atoms with van der Waals surface area (Å²) in [6.07, 6.45) is -1.29. The minimum Gasteiger partial charge on any atom is -0.377 e. The molecule has 2 amide bonds. The van der Waals surface area contributed by atoms with Gasteiger partial charge in [0.15, 0.2) is 4.90 Å². The van der Waals surface area contributed by atoms with E-state index in [1.807, 2.05) is 24.3 Å². The van der Waals surface area contributed by atoms with Crippen LogP contribution < -0.4 is 0 Å². The number of hydrogen-bond acceptors (Lipinski definition) is 9. The largest absolute Gasteiger partial charge is 0.377 e. The molecule has 3 heterocycles. The highest BCUT2D eigenvalue weighted by atomic mass is 79.9. The van der Waals surface area contributed by atoms with E-state index in [-0.39, 0.29) is 43.4 Å². The number of fused-ring (bicyclic) bond motifs is 2. The van der Waals surface area contributed by atoms with Crippen LogP contribution in [0.1, 0.15) is 32.2 Å². The first kappa shape index (κ1) is 31.5. The second-order valence-electron chi connectivity index (χ2n) is 11.3. The number of methoxy groups -OCH3 is 2.